The minimum Gasteiger partial charge on any atom is -0.426 e. The number of aromatic nitrogens is 3. The highest BCUT2D eigenvalue weighted by molar-refractivity contribution is 6.43. The van der Waals surface area contributed by atoms with Gasteiger partial charge in [0.15, 0.2) is 0 Å². The lowest BCUT2D eigenvalue weighted by atomic mass is 9.76. The van der Waals surface area contributed by atoms with Crippen LogP contribution in [0.2, 0.25) is 0 Å². The van der Waals surface area contributed by atoms with Crippen LogP contribution in [0.15, 0.2) is 61.2 Å². The summed E-state index contributed by atoms with van der Waals surface area (Å²) in [6, 6.07) is 16.9. The monoisotopic (exact) mass is 460 g/mol. The highest BCUT2D eigenvalue weighted by atomic mass is 16.4. The van der Waals surface area contributed by atoms with Crippen molar-refractivity contribution < 1.29 is 14.8 Å². The molecule has 0 radical (unpaired) electrons. The number of hydrogen-bond donors (Lipinski definition) is 4. The summed E-state index contributed by atoms with van der Waals surface area (Å²) in [7, 11) is -1.68. The molecule has 2 aromatic carbocycles. The van der Waals surface area contributed by atoms with Crippen molar-refractivity contribution in [1.29, 1.82) is 5.26 Å². The molecule has 0 spiro atoms. The summed E-state index contributed by atoms with van der Waals surface area (Å²) in [5, 5.41) is 38.4. The van der Waals surface area contributed by atoms with Crippen LogP contribution in [-0.2, 0) is 12.8 Å². The maximum Gasteiger partial charge on any atom is 0.475 e. The first-order valence-corrected chi connectivity index (χ1v) is 11.2. The predicted octanol–water partition coefficient (Wildman–Crippen LogP) is 1.92. The molecular formula is C24H29BN6O3. The van der Waals surface area contributed by atoms with E-state index in [0.29, 0.717) is 19.4 Å². The maximum absolute atomic E-state index is 12.3. The van der Waals surface area contributed by atoms with E-state index in [2.05, 4.69) is 26.8 Å². The van der Waals surface area contributed by atoms with Gasteiger partial charge >= 0.3 is 13.1 Å². The normalized spacial score (nSPS) is 13.4. The van der Waals surface area contributed by atoms with E-state index in [1.807, 2.05) is 62.4 Å². The molecule has 2 amide bonds. The third kappa shape index (κ3) is 6.91. The van der Waals surface area contributed by atoms with E-state index < -0.39 is 25.1 Å². The van der Waals surface area contributed by atoms with Gasteiger partial charge in [0, 0.05) is 12.5 Å². The second-order valence-corrected chi connectivity index (χ2v) is 8.34. The van der Waals surface area contributed by atoms with Crippen molar-refractivity contribution in [2.75, 3.05) is 6.54 Å². The molecule has 4 N–H and O–H groups in total. The van der Waals surface area contributed by atoms with Crippen molar-refractivity contribution >= 4 is 13.1 Å². The number of carbonyl (C=O) groups excluding carboxylic acids is 1. The van der Waals surface area contributed by atoms with Gasteiger partial charge in [0.2, 0.25) is 0 Å². The van der Waals surface area contributed by atoms with E-state index in [4.69, 9.17) is 0 Å². The van der Waals surface area contributed by atoms with Crippen LogP contribution in [0.25, 0.3) is 0 Å². The molecule has 1 aromatic heterocycles. The molecule has 9 nitrogen and oxygen atoms in total. The molecule has 34 heavy (non-hydrogen) atoms. The summed E-state index contributed by atoms with van der Waals surface area (Å²) in [6.45, 7) is 4.31. The van der Waals surface area contributed by atoms with Crippen LogP contribution in [-0.4, -0.2) is 50.4 Å². The SMILES string of the molecule is Cc1ccc(C[C@H](NC(=O)NCCc2cccc(C(C)C(C#N)n3cncn3)c2)B(O)O)cc1. The van der Waals surface area contributed by atoms with Crippen LogP contribution >= 0.6 is 0 Å². The molecule has 3 rings (SSSR count). The van der Waals surface area contributed by atoms with E-state index in [-0.39, 0.29) is 5.92 Å². The van der Waals surface area contributed by atoms with Gasteiger partial charge in [-0.3, -0.25) is 0 Å². The molecule has 2 unspecified atom stereocenters. The van der Waals surface area contributed by atoms with Crippen LogP contribution in [0.1, 0.15) is 41.1 Å². The minimum absolute atomic E-state index is 0.100. The number of hydrogen-bond acceptors (Lipinski definition) is 6. The Morgan fingerprint density at radius 1 is 1.21 bits per heavy atom. The molecule has 0 saturated heterocycles. The quantitative estimate of drug-likeness (QED) is 0.342. The number of nitriles is 1. The van der Waals surface area contributed by atoms with Gasteiger partial charge in [-0.05, 0) is 36.5 Å². The van der Waals surface area contributed by atoms with E-state index in [9.17, 15) is 20.1 Å². The lowest BCUT2D eigenvalue weighted by molar-refractivity contribution is 0.237. The van der Waals surface area contributed by atoms with Crippen LogP contribution in [0.3, 0.4) is 0 Å². The standard InChI is InChI=1S/C24H29BN6O3/c1-17-6-8-20(9-7-17)13-23(25(33)34)30-24(32)28-11-10-19-4-3-5-21(12-19)18(2)22(14-26)31-16-27-15-29-31/h3-9,12,15-16,18,22-23,33-34H,10-11,13H2,1-2H3,(H2,28,30,32)/t18?,22?,23-/m0/s1. The summed E-state index contributed by atoms with van der Waals surface area (Å²) in [5.74, 6) is -0.928. The number of nitrogens with zero attached hydrogens (tertiary/aromatic N) is 4. The first-order chi connectivity index (χ1) is 16.4. The molecule has 0 fully saturated rings. The smallest absolute Gasteiger partial charge is 0.426 e. The number of urea groups is 1. The topological polar surface area (TPSA) is 136 Å². The minimum atomic E-state index is -1.68. The van der Waals surface area contributed by atoms with E-state index in [0.717, 1.165) is 22.3 Å². The number of amides is 2. The molecule has 1 heterocycles. The predicted molar refractivity (Wildman–Crippen MR) is 129 cm³/mol. The lowest BCUT2D eigenvalue weighted by Gasteiger charge is -2.19. The van der Waals surface area contributed by atoms with Crippen molar-refractivity contribution in [2.24, 2.45) is 0 Å². The van der Waals surface area contributed by atoms with Crippen LogP contribution < -0.4 is 10.6 Å². The van der Waals surface area contributed by atoms with Gasteiger partial charge in [0.05, 0.1) is 12.0 Å². The largest absolute Gasteiger partial charge is 0.475 e. The fourth-order valence-electron chi connectivity index (χ4n) is 3.72. The summed E-state index contributed by atoms with van der Waals surface area (Å²) in [4.78, 5) is 16.3. The summed E-state index contributed by atoms with van der Waals surface area (Å²) in [6.07, 6.45) is 3.83. The average molecular weight is 460 g/mol. The Balaban J connectivity index is 1.53. The number of aryl methyl sites for hydroxylation is 1. The number of rotatable bonds is 10. The average Bonchev–Trinajstić information content (AvgIpc) is 3.35. The molecule has 0 aliphatic heterocycles. The van der Waals surface area contributed by atoms with Crippen LogP contribution in [0.4, 0.5) is 4.79 Å². The zero-order valence-corrected chi connectivity index (χ0v) is 19.3. The van der Waals surface area contributed by atoms with Crippen LogP contribution in [0, 0.1) is 18.3 Å². The third-order valence-corrected chi connectivity index (χ3v) is 5.76. The molecule has 10 heteroatoms. The van der Waals surface area contributed by atoms with Gasteiger partial charge in [0.25, 0.3) is 0 Å². The molecule has 0 aliphatic rings. The fourth-order valence-corrected chi connectivity index (χ4v) is 3.72. The molecule has 3 aromatic rings. The Bertz CT molecular complexity index is 1100. The molecule has 176 valence electrons. The number of carbonyl (C=O) groups is 1. The molecule has 0 aliphatic carbocycles. The lowest BCUT2D eigenvalue weighted by Crippen LogP contribution is -2.51. The molecule has 0 bridgehead atoms. The van der Waals surface area contributed by atoms with Crippen molar-refractivity contribution in [2.45, 2.75) is 44.6 Å². The van der Waals surface area contributed by atoms with Gasteiger partial charge < -0.3 is 20.7 Å². The highest BCUT2D eigenvalue weighted by Crippen LogP contribution is 2.27. The second-order valence-electron chi connectivity index (χ2n) is 8.34. The fraction of sp³-hybridized carbons (Fsp3) is 0.333. The van der Waals surface area contributed by atoms with Crippen LogP contribution in [0.5, 0.6) is 0 Å². The molecular weight excluding hydrogens is 431 g/mol. The number of benzene rings is 2. The van der Waals surface area contributed by atoms with Gasteiger partial charge in [-0.15, -0.1) is 0 Å². The van der Waals surface area contributed by atoms with E-state index in [1.54, 1.807) is 4.68 Å². The van der Waals surface area contributed by atoms with Crippen molar-refractivity contribution in [3.8, 4) is 6.07 Å². The Hall–Kier alpha value is -3.68. The van der Waals surface area contributed by atoms with E-state index >= 15 is 0 Å². The first kappa shape index (κ1) is 25.0. The third-order valence-electron chi connectivity index (χ3n) is 5.76. The Kier molecular flexibility index (Phi) is 8.79. The zero-order chi connectivity index (χ0) is 24.5. The maximum atomic E-state index is 12.3. The van der Waals surface area contributed by atoms with Crippen molar-refractivity contribution in [3.63, 3.8) is 0 Å². The van der Waals surface area contributed by atoms with Crippen molar-refractivity contribution in [1.82, 2.24) is 25.4 Å². The second kappa shape index (κ2) is 12.0. The summed E-state index contributed by atoms with van der Waals surface area (Å²) < 4.78 is 1.55. The Morgan fingerprint density at radius 2 is 1.97 bits per heavy atom. The summed E-state index contributed by atoms with van der Waals surface area (Å²) >= 11 is 0. The van der Waals surface area contributed by atoms with Gasteiger partial charge in [-0.1, -0.05) is 61.0 Å². The molecule has 3 atom stereocenters. The first-order valence-electron chi connectivity index (χ1n) is 11.2. The van der Waals surface area contributed by atoms with Gasteiger partial charge in [-0.25, -0.2) is 14.5 Å². The molecule has 0 saturated carbocycles. The van der Waals surface area contributed by atoms with Gasteiger partial charge in [-0.2, -0.15) is 10.4 Å². The highest BCUT2D eigenvalue weighted by Gasteiger charge is 2.25. The van der Waals surface area contributed by atoms with Gasteiger partial charge in [0.1, 0.15) is 18.7 Å². The summed E-state index contributed by atoms with van der Waals surface area (Å²) in [5.41, 5.74) is 4.01. The Labute approximate surface area is 199 Å². The van der Waals surface area contributed by atoms with E-state index in [1.165, 1.54) is 12.7 Å². The van der Waals surface area contributed by atoms with Crippen molar-refractivity contribution in [3.05, 3.63) is 83.4 Å². The number of nitrogens with one attached hydrogen (secondary N) is 2. The zero-order valence-electron chi connectivity index (χ0n) is 19.3. The Morgan fingerprint density at radius 3 is 2.62 bits per heavy atom.